The molecule has 0 spiro atoms. The Morgan fingerprint density at radius 2 is 1.16 bits per heavy atom. The summed E-state index contributed by atoms with van der Waals surface area (Å²) in [6.07, 6.45) is 5.38. The van der Waals surface area contributed by atoms with E-state index < -0.39 is 31.7 Å². The zero-order chi connectivity index (χ0) is 14.3. The first kappa shape index (κ1) is 15.2. The number of rotatable bonds is 2. The van der Waals surface area contributed by atoms with Gasteiger partial charge in [0.1, 0.15) is 9.74 Å². The van der Waals surface area contributed by atoms with Crippen LogP contribution in [0, 0.1) is 0 Å². The van der Waals surface area contributed by atoms with Crippen molar-refractivity contribution in [2.45, 2.75) is 73.2 Å². The average molecular weight is 290 g/mol. The lowest BCUT2D eigenvalue weighted by molar-refractivity contribution is 0.290. The zero-order valence-electron chi connectivity index (χ0n) is 11.3. The van der Waals surface area contributed by atoms with E-state index in [0.29, 0.717) is 25.7 Å². The van der Waals surface area contributed by atoms with Crippen molar-refractivity contribution in [2.75, 3.05) is 0 Å². The number of nitrogens with two attached hydrogens (primary N) is 4. The van der Waals surface area contributed by atoms with Gasteiger partial charge >= 0.3 is 0 Å². The van der Waals surface area contributed by atoms with Crippen LogP contribution in [0.2, 0.25) is 0 Å². The van der Waals surface area contributed by atoms with Crippen LogP contribution in [0.1, 0.15) is 51.4 Å². The van der Waals surface area contributed by atoms with Crippen LogP contribution >= 0.6 is 0 Å². The zero-order valence-corrected chi connectivity index (χ0v) is 12.2. The maximum atomic E-state index is 13.0. The van der Waals surface area contributed by atoms with Gasteiger partial charge < -0.3 is 22.9 Å². The lowest BCUT2D eigenvalue weighted by Gasteiger charge is -2.47. The smallest absolute Gasteiger partial charge is 0.190 e. The lowest BCUT2D eigenvalue weighted by atomic mass is 9.90. The molecule has 8 N–H and O–H groups in total. The summed E-state index contributed by atoms with van der Waals surface area (Å²) in [5, 5.41) is 0. The van der Waals surface area contributed by atoms with Crippen LogP contribution in [0.15, 0.2) is 0 Å². The van der Waals surface area contributed by atoms with Gasteiger partial charge in [-0.1, -0.05) is 25.7 Å². The molecule has 4 unspecified atom stereocenters. The summed E-state index contributed by atoms with van der Waals surface area (Å²) < 4.78 is 26.0. The minimum Gasteiger partial charge on any atom is -0.325 e. The second-order valence-electron chi connectivity index (χ2n) is 6.12. The van der Waals surface area contributed by atoms with Gasteiger partial charge in [-0.2, -0.15) is 0 Å². The molecule has 2 saturated carbocycles. The van der Waals surface area contributed by atoms with Gasteiger partial charge in [-0.15, -0.1) is 0 Å². The minimum atomic E-state index is -3.78. The van der Waals surface area contributed by atoms with Crippen molar-refractivity contribution in [3.05, 3.63) is 0 Å². The van der Waals surface area contributed by atoms with Crippen LogP contribution in [0.25, 0.3) is 0 Å². The SMILES string of the molecule is NC1CCCCC1(N)S(=O)(=O)C1(N)CCCCC1N. The van der Waals surface area contributed by atoms with Crippen LogP contribution in [0.3, 0.4) is 0 Å². The molecular formula is C12H26N4O2S. The molecule has 0 radical (unpaired) electrons. The van der Waals surface area contributed by atoms with Crippen LogP contribution in [0.4, 0.5) is 0 Å². The van der Waals surface area contributed by atoms with E-state index in [1.807, 2.05) is 0 Å². The van der Waals surface area contributed by atoms with Crippen LogP contribution in [0.5, 0.6) is 0 Å². The monoisotopic (exact) mass is 290 g/mol. The number of hydrogen-bond acceptors (Lipinski definition) is 6. The highest BCUT2D eigenvalue weighted by molar-refractivity contribution is 7.94. The Hall–Kier alpha value is -0.210. The summed E-state index contributed by atoms with van der Waals surface area (Å²) in [4.78, 5) is -2.84. The molecule has 2 fully saturated rings. The summed E-state index contributed by atoms with van der Waals surface area (Å²) in [5.41, 5.74) is 24.4. The molecule has 19 heavy (non-hydrogen) atoms. The molecule has 0 saturated heterocycles. The number of hydrogen-bond donors (Lipinski definition) is 4. The van der Waals surface area contributed by atoms with Crippen LogP contribution < -0.4 is 22.9 Å². The summed E-state index contributed by atoms with van der Waals surface area (Å²) in [6.45, 7) is 0. The van der Waals surface area contributed by atoms with E-state index in [-0.39, 0.29) is 0 Å². The minimum absolute atomic E-state index is 0.377. The maximum Gasteiger partial charge on any atom is 0.190 e. The first-order valence-electron chi connectivity index (χ1n) is 7.09. The Balaban J connectivity index is 2.40. The van der Waals surface area contributed by atoms with Gasteiger partial charge in [-0.05, 0) is 25.7 Å². The third-order valence-electron chi connectivity index (χ3n) is 4.92. The van der Waals surface area contributed by atoms with Crippen molar-refractivity contribution < 1.29 is 8.42 Å². The summed E-state index contributed by atoms with van der Waals surface area (Å²) in [5.74, 6) is 0. The molecule has 7 heteroatoms. The molecule has 6 nitrogen and oxygen atoms in total. The van der Waals surface area contributed by atoms with Crippen molar-refractivity contribution >= 4 is 9.84 Å². The van der Waals surface area contributed by atoms with Crippen molar-refractivity contribution in [1.29, 1.82) is 0 Å². The standard InChI is InChI=1S/C12H26N4O2S/c13-9-5-1-3-7-11(9,15)19(17,18)12(16)8-4-2-6-10(12)14/h9-10H,1-8,13-16H2. The predicted octanol–water partition coefficient (Wildman–Crippen LogP) is -0.486. The maximum absolute atomic E-state index is 13.0. The highest BCUT2D eigenvalue weighted by Crippen LogP contribution is 2.40. The Labute approximate surface area is 115 Å². The van der Waals surface area contributed by atoms with E-state index in [4.69, 9.17) is 22.9 Å². The Morgan fingerprint density at radius 1 is 0.789 bits per heavy atom. The Kier molecular flexibility index (Phi) is 3.97. The fraction of sp³-hybridized carbons (Fsp3) is 1.00. The van der Waals surface area contributed by atoms with E-state index >= 15 is 0 Å². The van der Waals surface area contributed by atoms with Crippen LogP contribution in [-0.2, 0) is 9.84 Å². The molecule has 0 aromatic heterocycles. The van der Waals surface area contributed by atoms with Gasteiger partial charge in [0, 0.05) is 12.1 Å². The fourth-order valence-electron chi connectivity index (χ4n) is 3.41. The summed E-state index contributed by atoms with van der Waals surface area (Å²) in [7, 11) is -3.78. The molecule has 0 heterocycles. The molecule has 2 rings (SSSR count). The summed E-state index contributed by atoms with van der Waals surface area (Å²) in [6, 6.07) is -1.11. The van der Waals surface area contributed by atoms with Gasteiger partial charge in [0.05, 0.1) is 0 Å². The van der Waals surface area contributed by atoms with Gasteiger partial charge in [-0.25, -0.2) is 8.42 Å². The van der Waals surface area contributed by atoms with Gasteiger partial charge in [0.2, 0.25) is 0 Å². The quantitative estimate of drug-likeness (QED) is 0.541. The van der Waals surface area contributed by atoms with Crippen molar-refractivity contribution in [3.63, 3.8) is 0 Å². The van der Waals surface area contributed by atoms with Gasteiger partial charge in [0.25, 0.3) is 0 Å². The molecule has 0 aliphatic heterocycles. The average Bonchev–Trinajstić information content (AvgIpc) is 2.36. The largest absolute Gasteiger partial charge is 0.325 e. The van der Waals surface area contributed by atoms with Crippen LogP contribution in [-0.4, -0.2) is 30.2 Å². The fourth-order valence-corrected chi connectivity index (χ4v) is 5.98. The topological polar surface area (TPSA) is 138 Å². The van der Waals surface area contributed by atoms with Gasteiger partial charge in [-0.3, -0.25) is 0 Å². The van der Waals surface area contributed by atoms with Crippen molar-refractivity contribution in [3.8, 4) is 0 Å². The van der Waals surface area contributed by atoms with E-state index in [1.165, 1.54) is 0 Å². The molecule has 0 amide bonds. The second kappa shape index (κ2) is 4.96. The molecule has 2 aliphatic rings. The van der Waals surface area contributed by atoms with E-state index in [0.717, 1.165) is 25.7 Å². The van der Waals surface area contributed by atoms with E-state index in [9.17, 15) is 8.42 Å². The lowest BCUT2D eigenvalue weighted by Crippen LogP contribution is -2.73. The van der Waals surface area contributed by atoms with Gasteiger partial charge in [0.15, 0.2) is 9.84 Å². The molecule has 4 atom stereocenters. The Morgan fingerprint density at radius 3 is 1.47 bits per heavy atom. The highest BCUT2D eigenvalue weighted by atomic mass is 32.2. The third kappa shape index (κ3) is 2.12. The Bertz CT molecular complexity index is 407. The van der Waals surface area contributed by atoms with E-state index in [2.05, 4.69) is 0 Å². The molecule has 0 aromatic rings. The second-order valence-corrected chi connectivity index (χ2v) is 8.64. The highest BCUT2D eigenvalue weighted by Gasteiger charge is 2.58. The first-order chi connectivity index (χ1) is 8.76. The van der Waals surface area contributed by atoms with Crippen molar-refractivity contribution in [1.82, 2.24) is 0 Å². The molecule has 2 aliphatic carbocycles. The molecular weight excluding hydrogens is 264 g/mol. The third-order valence-corrected chi connectivity index (χ3v) is 7.94. The normalized spacial score (nSPS) is 45.1. The first-order valence-corrected chi connectivity index (χ1v) is 8.57. The molecule has 112 valence electrons. The van der Waals surface area contributed by atoms with Crippen molar-refractivity contribution in [2.24, 2.45) is 22.9 Å². The van der Waals surface area contributed by atoms with E-state index in [1.54, 1.807) is 0 Å². The molecule has 0 aromatic carbocycles. The molecule has 0 bridgehead atoms. The summed E-state index contributed by atoms with van der Waals surface area (Å²) >= 11 is 0. The number of sulfone groups is 1. The predicted molar refractivity (Wildman–Crippen MR) is 75.6 cm³/mol.